The first-order valence-corrected chi connectivity index (χ1v) is 28.8. The third kappa shape index (κ3) is 55.4. The fourth-order valence-corrected chi connectivity index (χ4v) is 7.85. The lowest BCUT2D eigenvalue weighted by Gasteiger charge is -2.18. The van der Waals surface area contributed by atoms with Crippen molar-refractivity contribution in [2.24, 2.45) is 0 Å². The molecule has 0 saturated carbocycles. The monoisotopic (exact) mass is 945 g/mol. The molecule has 1 atom stereocenters. The fraction of sp³-hybridized carbons (Fsp3) is 0.714. The zero-order valence-corrected chi connectivity index (χ0v) is 44.8. The topological polar surface area (TPSA) is 61.8 Å². The molecule has 0 bridgehead atoms. The molecular formula is C63H108O5. The molecule has 0 heterocycles. The van der Waals surface area contributed by atoms with Gasteiger partial charge < -0.3 is 14.2 Å². The minimum absolute atomic E-state index is 0.0457. The van der Waals surface area contributed by atoms with Gasteiger partial charge in [0.05, 0.1) is 6.61 Å². The number of carbonyl (C=O) groups is 2. The van der Waals surface area contributed by atoms with Crippen LogP contribution in [-0.2, 0) is 23.8 Å². The standard InChI is InChI=1S/C63H108O5/c1-4-7-10-13-16-19-22-25-28-31-32-34-35-38-41-44-47-50-53-56-62(64)67-60-61(59-66-58-55-52-49-46-43-40-37-30-27-24-21-18-15-12-9-6-3)68-63(65)57-54-51-48-45-42-39-36-33-29-26-23-20-17-14-11-8-5-2/h7,10,16,19,25-26,28-29,32,34,36,38-39,41,45,48,61H,4-6,8-9,11-15,17-18,20-24,27,30-31,33,35,37,40,42-44,46-47,49-60H2,1-3H3/b10-7-,19-16-,28-25-,29-26-,34-32-,39-36-,41-38-,48-45-/t61-/m1/s1. The fourth-order valence-electron chi connectivity index (χ4n) is 7.85. The van der Waals surface area contributed by atoms with Crippen molar-refractivity contribution in [2.45, 2.75) is 271 Å². The molecule has 0 radical (unpaired) electrons. The second kappa shape index (κ2) is 58.1. The van der Waals surface area contributed by atoms with Gasteiger partial charge in [0.15, 0.2) is 6.10 Å². The Morgan fingerprint density at radius 2 is 0.676 bits per heavy atom. The summed E-state index contributed by atoms with van der Waals surface area (Å²) < 4.78 is 17.4. The van der Waals surface area contributed by atoms with E-state index in [1.807, 2.05) is 0 Å². The summed E-state index contributed by atoms with van der Waals surface area (Å²) in [5.74, 6) is -0.491. The molecule has 0 fully saturated rings. The molecule has 0 aliphatic rings. The van der Waals surface area contributed by atoms with Crippen molar-refractivity contribution in [1.82, 2.24) is 0 Å². The average Bonchev–Trinajstić information content (AvgIpc) is 3.34. The van der Waals surface area contributed by atoms with Gasteiger partial charge in [-0.25, -0.2) is 0 Å². The van der Waals surface area contributed by atoms with E-state index >= 15 is 0 Å². The van der Waals surface area contributed by atoms with Crippen LogP contribution in [-0.4, -0.2) is 37.9 Å². The molecule has 0 N–H and O–H groups in total. The third-order valence-electron chi connectivity index (χ3n) is 12.1. The third-order valence-corrected chi connectivity index (χ3v) is 12.1. The van der Waals surface area contributed by atoms with Gasteiger partial charge in [-0.3, -0.25) is 9.59 Å². The Morgan fingerprint density at radius 3 is 1.10 bits per heavy atom. The number of ether oxygens (including phenoxy) is 3. The van der Waals surface area contributed by atoms with Crippen LogP contribution in [0, 0.1) is 0 Å². The number of esters is 2. The van der Waals surface area contributed by atoms with Gasteiger partial charge in [0.2, 0.25) is 0 Å². The van der Waals surface area contributed by atoms with Gasteiger partial charge in [0, 0.05) is 19.4 Å². The summed E-state index contributed by atoms with van der Waals surface area (Å²) in [6, 6.07) is 0. The minimum Gasteiger partial charge on any atom is -0.462 e. The summed E-state index contributed by atoms with van der Waals surface area (Å²) in [6.45, 7) is 7.64. The molecule has 68 heavy (non-hydrogen) atoms. The first kappa shape index (κ1) is 64.8. The molecule has 5 heteroatoms. The van der Waals surface area contributed by atoms with Crippen LogP contribution in [0.2, 0.25) is 0 Å². The Labute approximate surface area is 422 Å². The molecule has 0 saturated heterocycles. The summed E-state index contributed by atoms with van der Waals surface area (Å²) in [4.78, 5) is 25.5. The molecule has 0 unspecified atom stereocenters. The van der Waals surface area contributed by atoms with Crippen molar-refractivity contribution in [1.29, 1.82) is 0 Å². The predicted octanol–water partition coefficient (Wildman–Crippen LogP) is 19.8. The van der Waals surface area contributed by atoms with Crippen molar-refractivity contribution in [3.8, 4) is 0 Å². The first-order valence-electron chi connectivity index (χ1n) is 28.8. The molecule has 0 amide bonds. The van der Waals surface area contributed by atoms with Gasteiger partial charge >= 0.3 is 11.9 Å². The van der Waals surface area contributed by atoms with Gasteiger partial charge in [-0.15, -0.1) is 0 Å². The molecule has 0 aliphatic carbocycles. The molecule has 0 aliphatic heterocycles. The van der Waals surface area contributed by atoms with Crippen molar-refractivity contribution >= 4 is 11.9 Å². The van der Waals surface area contributed by atoms with Crippen LogP contribution >= 0.6 is 0 Å². The summed E-state index contributed by atoms with van der Waals surface area (Å²) >= 11 is 0. The molecule has 0 spiro atoms. The van der Waals surface area contributed by atoms with E-state index in [1.54, 1.807) is 0 Å². The van der Waals surface area contributed by atoms with Crippen LogP contribution in [0.15, 0.2) is 97.2 Å². The zero-order chi connectivity index (χ0) is 49.2. The Balaban J connectivity index is 4.41. The lowest BCUT2D eigenvalue weighted by Crippen LogP contribution is -2.30. The Bertz CT molecular complexity index is 1300. The number of carbonyl (C=O) groups excluding carboxylic acids is 2. The van der Waals surface area contributed by atoms with Gasteiger partial charge in [-0.2, -0.15) is 0 Å². The Kier molecular flexibility index (Phi) is 55.4. The van der Waals surface area contributed by atoms with Crippen molar-refractivity contribution in [3.63, 3.8) is 0 Å². The highest BCUT2D eigenvalue weighted by Gasteiger charge is 2.17. The van der Waals surface area contributed by atoms with Crippen LogP contribution in [0.25, 0.3) is 0 Å². The van der Waals surface area contributed by atoms with Gasteiger partial charge in [0.1, 0.15) is 6.61 Å². The summed E-state index contributed by atoms with van der Waals surface area (Å²) in [5.41, 5.74) is 0. The van der Waals surface area contributed by atoms with Crippen LogP contribution in [0.4, 0.5) is 0 Å². The number of hydrogen-bond donors (Lipinski definition) is 0. The van der Waals surface area contributed by atoms with E-state index in [0.717, 1.165) is 96.3 Å². The highest BCUT2D eigenvalue weighted by molar-refractivity contribution is 5.70. The number of hydrogen-bond acceptors (Lipinski definition) is 5. The first-order chi connectivity index (χ1) is 33.6. The second-order valence-electron chi connectivity index (χ2n) is 18.8. The number of allylic oxidation sites excluding steroid dienone is 16. The summed E-state index contributed by atoms with van der Waals surface area (Å²) in [7, 11) is 0. The highest BCUT2D eigenvalue weighted by Crippen LogP contribution is 2.15. The normalized spacial score (nSPS) is 12.9. The smallest absolute Gasteiger partial charge is 0.306 e. The highest BCUT2D eigenvalue weighted by atomic mass is 16.6. The maximum Gasteiger partial charge on any atom is 0.306 e. The van der Waals surface area contributed by atoms with Crippen molar-refractivity contribution in [3.05, 3.63) is 97.2 Å². The lowest BCUT2D eigenvalue weighted by atomic mass is 10.0. The van der Waals surface area contributed by atoms with E-state index < -0.39 is 6.10 Å². The number of unbranched alkanes of at least 4 members (excludes halogenated alkanes) is 25. The van der Waals surface area contributed by atoms with Gasteiger partial charge in [-0.05, 0) is 96.3 Å². The average molecular weight is 946 g/mol. The van der Waals surface area contributed by atoms with Crippen molar-refractivity contribution < 1.29 is 23.8 Å². The summed E-state index contributed by atoms with van der Waals surface area (Å²) in [6.07, 6.45) is 78.6. The minimum atomic E-state index is -0.580. The van der Waals surface area contributed by atoms with Crippen LogP contribution in [0.5, 0.6) is 0 Å². The molecule has 0 rings (SSSR count). The van der Waals surface area contributed by atoms with Gasteiger partial charge in [-0.1, -0.05) is 253 Å². The number of rotatable bonds is 52. The maximum absolute atomic E-state index is 12.8. The second-order valence-corrected chi connectivity index (χ2v) is 18.8. The lowest BCUT2D eigenvalue weighted by molar-refractivity contribution is -0.162. The molecule has 0 aromatic carbocycles. The molecule has 0 aromatic rings. The molecular weight excluding hydrogens is 837 g/mol. The summed E-state index contributed by atoms with van der Waals surface area (Å²) in [5, 5.41) is 0. The van der Waals surface area contributed by atoms with E-state index in [-0.39, 0.29) is 25.2 Å². The van der Waals surface area contributed by atoms with E-state index in [1.165, 1.54) is 135 Å². The molecule has 390 valence electrons. The van der Waals surface area contributed by atoms with E-state index in [2.05, 4.69) is 118 Å². The van der Waals surface area contributed by atoms with Crippen LogP contribution in [0.3, 0.4) is 0 Å². The Hall–Kier alpha value is -3.18. The quantitative estimate of drug-likeness (QED) is 0.0345. The molecule has 0 aromatic heterocycles. The predicted molar refractivity (Wildman–Crippen MR) is 297 cm³/mol. The van der Waals surface area contributed by atoms with E-state index in [4.69, 9.17) is 14.2 Å². The van der Waals surface area contributed by atoms with E-state index in [0.29, 0.717) is 19.4 Å². The Morgan fingerprint density at radius 1 is 0.338 bits per heavy atom. The van der Waals surface area contributed by atoms with Crippen LogP contribution < -0.4 is 0 Å². The van der Waals surface area contributed by atoms with Crippen LogP contribution in [0.1, 0.15) is 265 Å². The van der Waals surface area contributed by atoms with E-state index in [9.17, 15) is 9.59 Å². The SMILES string of the molecule is CC/C=C\C/C=C\C/C=C\C/C=C\C/C=C\CCCCCC(=O)OC[C@@H](COCCCCCCCCCCCCCCCCCC)OC(=O)CCC/C=C\C/C=C\C/C=C\CCCCCCCC. The largest absolute Gasteiger partial charge is 0.462 e. The van der Waals surface area contributed by atoms with Crippen molar-refractivity contribution in [2.75, 3.05) is 19.8 Å². The maximum atomic E-state index is 12.8. The zero-order valence-electron chi connectivity index (χ0n) is 44.8. The van der Waals surface area contributed by atoms with Gasteiger partial charge in [0.25, 0.3) is 0 Å². The molecule has 5 nitrogen and oxygen atoms in total.